The van der Waals surface area contributed by atoms with Crippen LogP contribution in [0, 0.1) is 6.92 Å². The number of hydrogen-bond donors (Lipinski definition) is 3. The molecule has 0 spiro atoms. The first-order valence-corrected chi connectivity index (χ1v) is 7.01. The first-order chi connectivity index (χ1) is 8.88. The van der Waals surface area contributed by atoms with Crippen LogP contribution in [0.1, 0.15) is 16.1 Å². The summed E-state index contributed by atoms with van der Waals surface area (Å²) in [7, 11) is -3.73. The molecule has 1 aromatic heterocycles. The fourth-order valence-corrected chi connectivity index (χ4v) is 2.21. The zero-order valence-electron chi connectivity index (χ0n) is 10.2. The Balaban J connectivity index is 2.25. The van der Waals surface area contributed by atoms with Gasteiger partial charge in [-0.25, -0.2) is 13.6 Å². The van der Waals surface area contributed by atoms with Crippen molar-refractivity contribution in [3.8, 4) is 0 Å². The highest BCUT2D eigenvalue weighted by molar-refractivity contribution is 7.89. The topological polar surface area (TPSA) is 105 Å². The minimum atomic E-state index is -3.73. The van der Waals surface area contributed by atoms with Crippen molar-refractivity contribution in [1.29, 1.82) is 0 Å². The molecule has 100 valence electrons. The van der Waals surface area contributed by atoms with E-state index in [0.29, 0.717) is 16.9 Å². The lowest BCUT2D eigenvalue weighted by Gasteiger charge is -2.08. The van der Waals surface area contributed by atoms with Crippen molar-refractivity contribution in [2.75, 3.05) is 5.32 Å². The maximum absolute atomic E-state index is 11.8. The second-order valence-electron chi connectivity index (χ2n) is 4.06. The summed E-state index contributed by atoms with van der Waals surface area (Å²) in [5.74, 6) is -0.295. The Hall–Kier alpha value is -2.12. The Morgan fingerprint density at radius 3 is 2.58 bits per heavy atom. The van der Waals surface area contributed by atoms with E-state index < -0.39 is 10.0 Å². The molecule has 1 heterocycles. The number of nitrogens with one attached hydrogen (secondary N) is 2. The molecule has 0 saturated heterocycles. The number of primary sulfonamides is 1. The third-order valence-corrected chi connectivity index (χ3v) is 3.53. The van der Waals surface area contributed by atoms with Crippen molar-refractivity contribution in [2.24, 2.45) is 5.14 Å². The van der Waals surface area contributed by atoms with Crippen LogP contribution in [0.3, 0.4) is 0 Å². The molecule has 1 amide bonds. The van der Waals surface area contributed by atoms with Gasteiger partial charge >= 0.3 is 0 Å². The number of aromatic amines is 1. The number of carbonyl (C=O) groups excluding carboxylic acids is 1. The molecule has 4 N–H and O–H groups in total. The molecule has 0 saturated carbocycles. The largest absolute Gasteiger partial charge is 0.357 e. The fraction of sp³-hybridized carbons (Fsp3) is 0.0833. The van der Waals surface area contributed by atoms with E-state index in [2.05, 4.69) is 10.3 Å². The van der Waals surface area contributed by atoms with Gasteiger partial charge < -0.3 is 10.3 Å². The minimum absolute atomic E-state index is 0.0165. The van der Waals surface area contributed by atoms with Crippen LogP contribution in [0.2, 0.25) is 0 Å². The molecule has 0 radical (unpaired) electrons. The second-order valence-corrected chi connectivity index (χ2v) is 5.62. The summed E-state index contributed by atoms with van der Waals surface area (Å²) in [6, 6.07) is 7.64. The predicted molar refractivity (Wildman–Crippen MR) is 71.3 cm³/mol. The molecule has 0 aliphatic heterocycles. The first-order valence-electron chi connectivity index (χ1n) is 5.46. The number of carbonyl (C=O) groups is 1. The number of rotatable bonds is 3. The lowest BCUT2D eigenvalue weighted by Crippen LogP contribution is -2.15. The average molecular weight is 279 g/mol. The maximum atomic E-state index is 11.8. The van der Waals surface area contributed by atoms with E-state index in [-0.39, 0.29) is 10.8 Å². The fourth-order valence-electron chi connectivity index (χ4n) is 1.61. The van der Waals surface area contributed by atoms with Gasteiger partial charge in [0.25, 0.3) is 5.91 Å². The highest BCUT2D eigenvalue weighted by atomic mass is 32.2. The predicted octanol–water partition coefficient (Wildman–Crippen LogP) is 1.22. The van der Waals surface area contributed by atoms with E-state index in [9.17, 15) is 13.2 Å². The highest BCUT2D eigenvalue weighted by Crippen LogP contribution is 2.19. The summed E-state index contributed by atoms with van der Waals surface area (Å²) in [6.45, 7) is 1.69. The van der Waals surface area contributed by atoms with Gasteiger partial charge in [0.05, 0.1) is 4.90 Å². The van der Waals surface area contributed by atoms with Crippen molar-refractivity contribution in [3.63, 3.8) is 0 Å². The van der Waals surface area contributed by atoms with Crippen molar-refractivity contribution in [2.45, 2.75) is 11.8 Å². The zero-order valence-corrected chi connectivity index (χ0v) is 11.0. The van der Waals surface area contributed by atoms with E-state index in [1.807, 2.05) is 0 Å². The van der Waals surface area contributed by atoms with Crippen LogP contribution in [0.4, 0.5) is 5.69 Å². The molecular weight excluding hydrogens is 266 g/mol. The molecule has 2 aromatic rings. The van der Waals surface area contributed by atoms with Crippen LogP contribution in [0.25, 0.3) is 0 Å². The molecule has 1 aromatic carbocycles. The lowest BCUT2D eigenvalue weighted by atomic mass is 10.2. The van der Waals surface area contributed by atoms with Crippen LogP contribution in [0.15, 0.2) is 41.4 Å². The van der Waals surface area contributed by atoms with E-state index in [1.54, 1.807) is 25.3 Å². The summed E-state index contributed by atoms with van der Waals surface area (Å²) in [6.07, 6.45) is 1.64. The Bertz CT molecular complexity index is 706. The molecule has 0 aliphatic carbocycles. The molecule has 0 atom stereocenters. The number of H-pyrrole nitrogens is 1. The standard InChI is InChI=1S/C12H13N3O3S/c1-8-7-9(19(13,17)18)4-5-10(8)15-12(16)11-3-2-6-14-11/h2-7,14H,1H3,(H,15,16)(H2,13,17,18). The van der Waals surface area contributed by atoms with Crippen molar-refractivity contribution >= 4 is 21.6 Å². The number of hydrogen-bond acceptors (Lipinski definition) is 3. The molecule has 2 rings (SSSR count). The van der Waals surface area contributed by atoms with Gasteiger partial charge in [-0.1, -0.05) is 0 Å². The Morgan fingerprint density at radius 2 is 2.05 bits per heavy atom. The van der Waals surface area contributed by atoms with Gasteiger partial charge in [-0.2, -0.15) is 0 Å². The summed E-state index contributed by atoms with van der Waals surface area (Å²) >= 11 is 0. The second kappa shape index (κ2) is 4.87. The number of sulfonamides is 1. The normalized spacial score (nSPS) is 11.3. The highest BCUT2D eigenvalue weighted by Gasteiger charge is 2.12. The average Bonchev–Trinajstić information content (AvgIpc) is 2.84. The first kappa shape index (κ1) is 13.3. The molecule has 19 heavy (non-hydrogen) atoms. The van der Waals surface area contributed by atoms with Crippen LogP contribution >= 0.6 is 0 Å². The number of amides is 1. The number of aromatic nitrogens is 1. The number of benzene rings is 1. The van der Waals surface area contributed by atoms with Crippen LogP contribution in [0.5, 0.6) is 0 Å². The summed E-state index contributed by atoms with van der Waals surface area (Å²) < 4.78 is 22.4. The zero-order chi connectivity index (χ0) is 14.0. The van der Waals surface area contributed by atoms with Gasteiger partial charge in [-0.15, -0.1) is 0 Å². The smallest absolute Gasteiger partial charge is 0.272 e. The molecule has 0 fully saturated rings. The summed E-state index contributed by atoms with van der Waals surface area (Å²) in [5.41, 5.74) is 1.58. The Labute approximate surface area is 110 Å². The maximum Gasteiger partial charge on any atom is 0.272 e. The lowest BCUT2D eigenvalue weighted by molar-refractivity contribution is 0.102. The molecule has 7 heteroatoms. The number of nitrogens with two attached hydrogens (primary N) is 1. The minimum Gasteiger partial charge on any atom is -0.357 e. The van der Waals surface area contributed by atoms with Crippen LogP contribution < -0.4 is 10.5 Å². The van der Waals surface area contributed by atoms with E-state index in [1.165, 1.54) is 18.2 Å². The quantitative estimate of drug-likeness (QED) is 0.786. The van der Waals surface area contributed by atoms with E-state index in [0.717, 1.165) is 0 Å². The number of aryl methyl sites for hydroxylation is 1. The third kappa shape index (κ3) is 3.01. The van der Waals surface area contributed by atoms with Crippen molar-refractivity contribution in [3.05, 3.63) is 47.8 Å². The van der Waals surface area contributed by atoms with E-state index >= 15 is 0 Å². The molecule has 6 nitrogen and oxygen atoms in total. The van der Waals surface area contributed by atoms with E-state index in [4.69, 9.17) is 5.14 Å². The summed E-state index contributed by atoms with van der Waals surface area (Å²) in [5, 5.41) is 7.72. The molecule has 0 unspecified atom stereocenters. The number of anilines is 1. The Morgan fingerprint density at radius 1 is 1.32 bits per heavy atom. The van der Waals surface area contributed by atoms with Gasteiger partial charge in [-0.3, -0.25) is 4.79 Å². The van der Waals surface area contributed by atoms with Crippen molar-refractivity contribution < 1.29 is 13.2 Å². The summed E-state index contributed by atoms with van der Waals surface area (Å²) in [4.78, 5) is 14.6. The Kier molecular flexibility index (Phi) is 3.41. The monoisotopic (exact) mass is 279 g/mol. The van der Waals surface area contributed by atoms with Crippen LogP contribution in [-0.2, 0) is 10.0 Å². The van der Waals surface area contributed by atoms with Gasteiger partial charge in [0, 0.05) is 11.9 Å². The van der Waals surface area contributed by atoms with Gasteiger partial charge in [0.15, 0.2) is 0 Å². The SMILES string of the molecule is Cc1cc(S(N)(=O)=O)ccc1NC(=O)c1ccc[nH]1. The van der Waals surface area contributed by atoms with Gasteiger partial charge in [-0.05, 0) is 42.8 Å². The van der Waals surface area contributed by atoms with Crippen molar-refractivity contribution in [1.82, 2.24) is 4.98 Å². The van der Waals surface area contributed by atoms with Crippen LogP contribution in [-0.4, -0.2) is 19.3 Å². The molecule has 0 aliphatic rings. The molecular formula is C12H13N3O3S. The molecule has 0 bridgehead atoms. The third-order valence-electron chi connectivity index (χ3n) is 2.62. The van der Waals surface area contributed by atoms with Gasteiger partial charge in [0.1, 0.15) is 5.69 Å². The van der Waals surface area contributed by atoms with Gasteiger partial charge in [0.2, 0.25) is 10.0 Å².